The highest BCUT2D eigenvalue weighted by atomic mass is 32.2. The standard InChI is InChI=1S/C20H26N4O4S/c1-4-23(19(28)16-12-29-20(3)10-9-18(27)24(16)20)11-17(26)22-15-7-5-14(6-8-15)21-13(2)25/h5-8,16H,4,9-12H2,1-3H3,(H,21,25)(H,22,26)/t16-,20-/m0/s1. The molecule has 1 aromatic rings. The minimum Gasteiger partial charge on any atom is -0.332 e. The summed E-state index contributed by atoms with van der Waals surface area (Å²) in [7, 11) is 0. The summed E-state index contributed by atoms with van der Waals surface area (Å²) in [4.78, 5) is 51.7. The summed E-state index contributed by atoms with van der Waals surface area (Å²) in [5.74, 6) is -0.0972. The average Bonchev–Trinajstić information content (AvgIpc) is 3.16. The average molecular weight is 419 g/mol. The molecule has 9 heteroatoms. The molecule has 2 saturated heterocycles. The van der Waals surface area contributed by atoms with Gasteiger partial charge >= 0.3 is 0 Å². The first kappa shape index (κ1) is 21.2. The molecule has 0 bridgehead atoms. The minimum absolute atomic E-state index is 0.00983. The van der Waals surface area contributed by atoms with E-state index in [2.05, 4.69) is 10.6 Å². The highest BCUT2D eigenvalue weighted by molar-refractivity contribution is 8.01. The van der Waals surface area contributed by atoms with Gasteiger partial charge in [0, 0.05) is 37.0 Å². The van der Waals surface area contributed by atoms with Crippen molar-refractivity contribution in [3.8, 4) is 0 Å². The number of likely N-dealkylation sites (N-methyl/N-ethyl adjacent to an activating group) is 1. The number of anilines is 2. The molecule has 2 atom stereocenters. The number of hydrogen-bond acceptors (Lipinski definition) is 5. The number of carbonyl (C=O) groups is 4. The number of fused-ring (bicyclic) bond motifs is 1. The van der Waals surface area contributed by atoms with Gasteiger partial charge in [-0.3, -0.25) is 19.2 Å². The molecule has 0 radical (unpaired) electrons. The number of amides is 4. The van der Waals surface area contributed by atoms with E-state index in [1.165, 1.54) is 11.8 Å². The largest absolute Gasteiger partial charge is 0.332 e. The van der Waals surface area contributed by atoms with Crippen LogP contribution >= 0.6 is 11.8 Å². The van der Waals surface area contributed by atoms with Crippen molar-refractivity contribution in [3.63, 3.8) is 0 Å². The minimum atomic E-state index is -0.510. The molecule has 2 heterocycles. The maximum absolute atomic E-state index is 13.0. The van der Waals surface area contributed by atoms with Crippen LogP contribution in [0.1, 0.15) is 33.6 Å². The Kier molecular flexibility index (Phi) is 6.16. The zero-order chi connectivity index (χ0) is 21.2. The quantitative estimate of drug-likeness (QED) is 0.735. The van der Waals surface area contributed by atoms with Crippen LogP contribution in [0, 0.1) is 0 Å². The van der Waals surface area contributed by atoms with E-state index in [0.717, 1.165) is 6.42 Å². The fourth-order valence-corrected chi connectivity index (χ4v) is 5.20. The van der Waals surface area contributed by atoms with Gasteiger partial charge in [0.15, 0.2) is 0 Å². The Bertz CT molecular complexity index is 828. The summed E-state index contributed by atoms with van der Waals surface area (Å²) in [5, 5.41) is 5.42. The Balaban J connectivity index is 1.60. The van der Waals surface area contributed by atoms with Crippen LogP contribution in [0.4, 0.5) is 11.4 Å². The Hall–Kier alpha value is -2.55. The number of benzene rings is 1. The van der Waals surface area contributed by atoms with Crippen molar-refractivity contribution < 1.29 is 19.2 Å². The molecular weight excluding hydrogens is 392 g/mol. The topological polar surface area (TPSA) is 98.8 Å². The van der Waals surface area contributed by atoms with Gasteiger partial charge in [-0.1, -0.05) is 0 Å². The normalized spacial score (nSPS) is 22.9. The van der Waals surface area contributed by atoms with E-state index in [0.29, 0.717) is 30.1 Å². The molecule has 0 aromatic heterocycles. The molecule has 1 aromatic carbocycles. The number of nitrogens with zero attached hydrogens (tertiary/aromatic N) is 2. The predicted molar refractivity (Wildman–Crippen MR) is 112 cm³/mol. The number of thioether (sulfide) groups is 1. The maximum atomic E-state index is 13.0. The van der Waals surface area contributed by atoms with Crippen molar-refractivity contribution in [2.24, 2.45) is 0 Å². The van der Waals surface area contributed by atoms with Gasteiger partial charge < -0.3 is 20.4 Å². The SMILES string of the molecule is CCN(CC(=O)Nc1ccc(NC(C)=O)cc1)C(=O)[C@@H]1CS[C@@]2(C)CCC(=O)N12. The van der Waals surface area contributed by atoms with Crippen molar-refractivity contribution in [1.82, 2.24) is 9.80 Å². The van der Waals surface area contributed by atoms with E-state index >= 15 is 0 Å². The van der Waals surface area contributed by atoms with Gasteiger partial charge in [0.25, 0.3) is 0 Å². The van der Waals surface area contributed by atoms with Crippen LogP contribution in [-0.4, -0.2) is 63.2 Å². The highest BCUT2D eigenvalue weighted by Crippen LogP contribution is 2.47. The van der Waals surface area contributed by atoms with Crippen molar-refractivity contribution in [2.75, 3.05) is 29.5 Å². The first-order valence-electron chi connectivity index (χ1n) is 9.66. The van der Waals surface area contributed by atoms with E-state index < -0.39 is 6.04 Å². The van der Waals surface area contributed by atoms with E-state index in [-0.39, 0.29) is 35.0 Å². The lowest BCUT2D eigenvalue weighted by atomic mass is 10.2. The van der Waals surface area contributed by atoms with E-state index in [1.807, 2.05) is 13.8 Å². The van der Waals surface area contributed by atoms with Crippen LogP contribution in [0.5, 0.6) is 0 Å². The Morgan fingerprint density at radius 3 is 2.41 bits per heavy atom. The summed E-state index contributed by atoms with van der Waals surface area (Å²) >= 11 is 1.64. The number of rotatable bonds is 6. The second-order valence-corrected chi connectivity index (χ2v) is 8.93. The molecule has 2 aliphatic heterocycles. The zero-order valence-corrected chi connectivity index (χ0v) is 17.7. The van der Waals surface area contributed by atoms with Gasteiger partial charge in [-0.05, 0) is 44.5 Å². The van der Waals surface area contributed by atoms with Crippen molar-refractivity contribution >= 4 is 46.8 Å². The molecule has 2 N–H and O–H groups in total. The van der Waals surface area contributed by atoms with E-state index in [4.69, 9.17) is 0 Å². The molecular formula is C20H26N4O4S. The molecule has 0 saturated carbocycles. The summed E-state index contributed by atoms with van der Waals surface area (Å²) in [6.45, 7) is 5.55. The fourth-order valence-electron chi connectivity index (χ4n) is 3.77. The van der Waals surface area contributed by atoms with Gasteiger partial charge in [0.05, 0.1) is 11.4 Å². The van der Waals surface area contributed by atoms with Gasteiger partial charge in [-0.15, -0.1) is 11.8 Å². The lowest BCUT2D eigenvalue weighted by Gasteiger charge is -2.32. The Morgan fingerprint density at radius 2 is 1.83 bits per heavy atom. The van der Waals surface area contributed by atoms with Gasteiger partial charge in [0.1, 0.15) is 6.04 Å². The third-order valence-electron chi connectivity index (χ3n) is 5.25. The van der Waals surface area contributed by atoms with E-state index in [1.54, 1.807) is 40.9 Å². The predicted octanol–water partition coefficient (Wildman–Crippen LogP) is 1.89. The molecule has 2 fully saturated rings. The molecule has 3 rings (SSSR count). The van der Waals surface area contributed by atoms with Gasteiger partial charge in [-0.2, -0.15) is 0 Å². The lowest BCUT2D eigenvalue weighted by Crippen LogP contribution is -2.52. The summed E-state index contributed by atoms with van der Waals surface area (Å²) < 4.78 is 0. The summed E-state index contributed by atoms with van der Waals surface area (Å²) in [6.07, 6.45) is 1.22. The Labute approximate surface area is 174 Å². The maximum Gasteiger partial charge on any atom is 0.246 e. The monoisotopic (exact) mass is 418 g/mol. The van der Waals surface area contributed by atoms with Gasteiger partial charge in [0.2, 0.25) is 23.6 Å². The third-order valence-corrected chi connectivity index (χ3v) is 6.75. The second-order valence-electron chi connectivity index (χ2n) is 7.42. The first-order chi connectivity index (χ1) is 13.7. The number of carbonyl (C=O) groups excluding carboxylic acids is 4. The third kappa shape index (κ3) is 4.55. The van der Waals surface area contributed by atoms with Crippen molar-refractivity contribution in [2.45, 2.75) is 44.5 Å². The van der Waals surface area contributed by atoms with Gasteiger partial charge in [-0.25, -0.2) is 0 Å². The molecule has 156 valence electrons. The molecule has 29 heavy (non-hydrogen) atoms. The molecule has 0 spiro atoms. The van der Waals surface area contributed by atoms with Crippen molar-refractivity contribution in [3.05, 3.63) is 24.3 Å². The smallest absolute Gasteiger partial charge is 0.246 e. The molecule has 8 nitrogen and oxygen atoms in total. The summed E-state index contributed by atoms with van der Waals surface area (Å²) in [6, 6.07) is 6.24. The van der Waals surface area contributed by atoms with Crippen molar-refractivity contribution in [1.29, 1.82) is 0 Å². The van der Waals surface area contributed by atoms with Crippen LogP contribution in [-0.2, 0) is 19.2 Å². The fraction of sp³-hybridized carbons (Fsp3) is 0.500. The van der Waals surface area contributed by atoms with E-state index in [9.17, 15) is 19.2 Å². The molecule has 0 unspecified atom stereocenters. The number of hydrogen-bond donors (Lipinski definition) is 2. The number of nitrogens with one attached hydrogen (secondary N) is 2. The molecule has 0 aliphatic carbocycles. The Morgan fingerprint density at radius 1 is 1.21 bits per heavy atom. The van der Waals surface area contributed by atoms with Crippen LogP contribution in [0.25, 0.3) is 0 Å². The van der Waals surface area contributed by atoms with Crippen LogP contribution in [0.2, 0.25) is 0 Å². The summed E-state index contributed by atoms with van der Waals surface area (Å²) in [5.41, 5.74) is 1.21. The van der Waals surface area contributed by atoms with Crippen LogP contribution < -0.4 is 10.6 Å². The van der Waals surface area contributed by atoms with Crippen LogP contribution in [0.3, 0.4) is 0 Å². The lowest BCUT2D eigenvalue weighted by molar-refractivity contribution is -0.144. The molecule has 4 amide bonds. The zero-order valence-electron chi connectivity index (χ0n) is 16.9. The highest BCUT2D eigenvalue weighted by Gasteiger charge is 2.53. The van der Waals surface area contributed by atoms with Crippen LogP contribution in [0.15, 0.2) is 24.3 Å². The molecule has 2 aliphatic rings. The second kappa shape index (κ2) is 8.44. The first-order valence-corrected chi connectivity index (χ1v) is 10.6.